The van der Waals surface area contributed by atoms with Crippen LogP contribution in [-0.2, 0) is 9.47 Å². The zero-order chi connectivity index (χ0) is 10.8. The highest BCUT2D eigenvalue weighted by Gasteiger charge is 2.16. The minimum atomic E-state index is -0.299. The van der Waals surface area contributed by atoms with Crippen LogP contribution in [0.1, 0.15) is 26.2 Å². The summed E-state index contributed by atoms with van der Waals surface area (Å²) in [6, 6.07) is -0.244. The summed E-state index contributed by atoms with van der Waals surface area (Å²) >= 11 is 0. The molecule has 0 aliphatic rings. The average molecular weight is 205 g/mol. The smallest absolute Gasteiger partial charge is 0.0978 e. The fourth-order valence-electron chi connectivity index (χ4n) is 1.20. The van der Waals surface area contributed by atoms with Crippen molar-refractivity contribution in [1.82, 2.24) is 0 Å². The number of hydrogen-bond donors (Lipinski definition) is 2. The molecule has 0 bridgehead atoms. The fraction of sp³-hybridized carbons (Fsp3) is 1.00. The largest absolute Gasteiger partial charge is 0.394 e. The zero-order valence-corrected chi connectivity index (χ0v) is 9.24. The van der Waals surface area contributed by atoms with Gasteiger partial charge in [0.15, 0.2) is 0 Å². The molecular weight excluding hydrogens is 182 g/mol. The van der Waals surface area contributed by atoms with E-state index in [1.165, 1.54) is 0 Å². The number of ether oxygens (including phenoxy) is 2. The number of unbranched alkanes of at least 4 members (excludes halogenated alkanes) is 2. The first kappa shape index (κ1) is 13.8. The standard InChI is InChI=1S/C10H23NO3/c1-3-4-5-6-14-10(7-12)9(11)8-13-2/h9-10,12H,3-8,11H2,1-2H3. The first-order valence-electron chi connectivity index (χ1n) is 5.23. The van der Waals surface area contributed by atoms with Crippen LogP contribution in [0.25, 0.3) is 0 Å². The summed E-state index contributed by atoms with van der Waals surface area (Å²) < 4.78 is 10.4. The normalized spacial score (nSPS) is 15.4. The molecule has 0 spiro atoms. The number of aliphatic hydroxyl groups is 1. The molecule has 0 aromatic carbocycles. The van der Waals surface area contributed by atoms with Gasteiger partial charge in [-0.1, -0.05) is 19.8 Å². The van der Waals surface area contributed by atoms with Gasteiger partial charge in [-0.15, -0.1) is 0 Å². The Morgan fingerprint density at radius 2 is 2.07 bits per heavy atom. The third-order valence-electron chi connectivity index (χ3n) is 2.10. The fourth-order valence-corrected chi connectivity index (χ4v) is 1.20. The Kier molecular flexibility index (Phi) is 9.29. The summed E-state index contributed by atoms with van der Waals surface area (Å²) in [6.07, 6.45) is 3.04. The molecular formula is C10H23NO3. The molecule has 0 amide bonds. The quantitative estimate of drug-likeness (QED) is 0.539. The third-order valence-corrected chi connectivity index (χ3v) is 2.10. The topological polar surface area (TPSA) is 64.7 Å². The predicted octanol–water partition coefficient (Wildman–Crippen LogP) is 0.528. The van der Waals surface area contributed by atoms with Gasteiger partial charge in [0.05, 0.1) is 25.4 Å². The van der Waals surface area contributed by atoms with E-state index in [4.69, 9.17) is 20.3 Å². The summed E-state index contributed by atoms with van der Waals surface area (Å²) in [4.78, 5) is 0. The summed E-state index contributed by atoms with van der Waals surface area (Å²) in [5, 5.41) is 9.02. The summed E-state index contributed by atoms with van der Waals surface area (Å²) in [6.45, 7) is 3.17. The highest BCUT2D eigenvalue weighted by molar-refractivity contribution is 4.71. The van der Waals surface area contributed by atoms with E-state index >= 15 is 0 Å². The van der Waals surface area contributed by atoms with Gasteiger partial charge in [-0.05, 0) is 6.42 Å². The lowest BCUT2D eigenvalue weighted by Gasteiger charge is -2.21. The molecule has 14 heavy (non-hydrogen) atoms. The van der Waals surface area contributed by atoms with Crippen LogP contribution in [0.2, 0.25) is 0 Å². The van der Waals surface area contributed by atoms with E-state index in [2.05, 4.69) is 6.92 Å². The van der Waals surface area contributed by atoms with Crippen LogP contribution in [0.3, 0.4) is 0 Å². The first-order chi connectivity index (χ1) is 6.76. The van der Waals surface area contributed by atoms with E-state index < -0.39 is 0 Å². The Bertz CT molecular complexity index is 122. The molecule has 0 aromatic heterocycles. The van der Waals surface area contributed by atoms with Crippen LogP contribution < -0.4 is 5.73 Å². The first-order valence-corrected chi connectivity index (χ1v) is 5.23. The van der Waals surface area contributed by atoms with Crippen molar-refractivity contribution in [1.29, 1.82) is 0 Å². The van der Waals surface area contributed by atoms with Crippen molar-refractivity contribution in [3.63, 3.8) is 0 Å². The van der Waals surface area contributed by atoms with Crippen LogP contribution in [0.15, 0.2) is 0 Å². The minimum absolute atomic E-state index is 0.0450. The summed E-state index contributed by atoms with van der Waals surface area (Å²) in [5.41, 5.74) is 5.74. The molecule has 0 saturated heterocycles. The van der Waals surface area contributed by atoms with Gasteiger partial charge in [0.25, 0.3) is 0 Å². The van der Waals surface area contributed by atoms with E-state index in [0.717, 1.165) is 19.3 Å². The molecule has 0 aromatic rings. The van der Waals surface area contributed by atoms with Gasteiger partial charge in [-0.2, -0.15) is 0 Å². The van der Waals surface area contributed by atoms with Crippen molar-refractivity contribution in [3.8, 4) is 0 Å². The third kappa shape index (κ3) is 6.32. The molecule has 4 heteroatoms. The Hall–Kier alpha value is -0.160. The van der Waals surface area contributed by atoms with Gasteiger partial charge in [-0.3, -0.25) is 0 Å². The van der Waals surface area contributed by atoms with Crippen LogP contribution in [0, 0.1) is 0 Å². The maximum Gasteiger partial charge on any atom is 0.0978 e. The van der Waals surface area contributed by atoms with Crippen molar-refractivity contribution in [2.24, 2.45) is 5.73 Å². The molecule has 0 heterocycles. The van der Waals surface area contributed by atoms with Gasteiger partial charge in [0.1, 0.15) is 0 Å². The van der Waals surface area contributed by atoms with Crippen molar-refractivity contribution in [2.75, 3.05) is 26.9 Å². The lowest BCUT2D eigenvalue weighted by Crippen LogP contribution is -2.42. The lowest BCUT2D eigenvalue weighted by atomic mass is 10.2. The Morgan fingerprint density at radius 1 is 1.36 bits per heavy atom. The van der Waals surface area contributed by atoms with E-state index in [0.29, 0.717) is 13.2 Å². The molecule has 4 nitrogen and oxygen atoms in total. The van der Waals surface area contributed by atoms with E-state index in [1.54, 1.807) is 7.11 Å². The molecule has 0 aliphatic heterocycles. The number of nitrogens with two attached hydrogens (primary N) is 1. The second-order valence-electron chi connectivity index (χ2n) is 3.42. The Labute approximate surface area is 86.4 Å². The van der Waals surface area contributed by atoms with Crippen LogP contribution in [0.5, 0.6) is 0 Å². The highest BCUT2D eigenvalue weighted by Crippen LogP contribution is 2.01. The van der Waals surface area contributed by atoms with Gasteiger partial charge < -0.3 is 20.3 Å². The SMILES string of the molecule is CCCCCOC(CO)C(N)COC. The van der Waals surface area contributed by atoms with Crippen LogP contribution in [-0.4, -0.2) is 44.2 Å². The van der Waals surface area contributed by atoms with E-state index in [-0.39, 0.29) is 18.8 Å². The van der Waals surface area contributed by atoms with Crippen LogP contribution >= 0.6 is 0 Å². The number of rotatable bonds is 9. The molecule has 86 valence electrons. The molecule has 0 radical (unpaired) electrons. The van der Waals surface area contributed by atoms with Crippen molar-refractivity contribution in [3.05, 3.63) is 0 Å². The second kappa shape index (κ2) is 9.40. The molecule has 3 N–H and O–H groups in total. The van der Waals surface area contributed by atoms with Crippen molar-refractivity contribution >= 4 is 0 Å². The molecule has 0 aliphatic carbocycles. The number of aliphatic hydroxyl groups excluding tert-OH is 1. The molecule has 2 unspecified atom stereocenters. The maximum atomic E-state index is 9.02. The Balaban J connectivity index is 3.56. The predicted molar refractivity (Wildman–Crippen MR) is 56.2 cm³/mol. The second-order valence-corrected chi connectivity index (χ2v) is 3.42. The molecule has 2 atom stereocenters. The molecule has 0 saturated carbocycles. The van der Waals surface area contributed by atoms with E-state index in [1.807, 2.05) is 0 Å². The summed E-state index contributed by atoms with van der Waals surface area (Å²) in [5.74, 6) is 0. The monoisotopic (exact) mass is 205 g/mol. The van der Waals surface area contributed by atoms with Gasteiger partial charge in [0.2, 0.25) is 0 Å². The lowest BCUT2D eigenvalue weighted by molar-refractivity contribution is -0.0189. The minimum Gasteiger partial charge on any atom is -0.394 e. The summed E-state index contributed by atoms with van der Waals surface area (Å²) in [7, 11) is 1.59. The Morgan fingerprint density at radius 3 is 2.57 bits per heavy atom. The van der Waals surface area contributed by atoms with Crippen LogP contribution in [0.4, 0.5) is 0 Å². The maximum absolute atomic E-state index is 9.02. The average Bonchev–Trinajstić information content (AvgIpc) is 2.18. The zero-order valence-electron chi connectivity index (χ0n) is 9.24. The van der Waals surface area contributed by atoms with Crippen molar-refractivity contribution in [2.45, 2.75) is 38.3 Å². The van der Waals surface area contributed by atoms with Gasteiger partial charge in [-0.25, -0.2) is 0 Å². The highest BCUT2D eigenvalue weighted by atomic mass is 16.5. The van der Waals surface area contributed by atoms with Gasteiger partial charge >= 0.3 is 0 Å². The molecule has 0 rings (SSSR count). The number of methoxy groups -OCH3 is 1. The number of hydrogen-bond acceptors (Lipinski definition) is 4. The van der Waals surface area contributed by atoms with Gasteiger partial charge in [0, 0.05) is 13.7 Å². The van der Waals surface area contributed by atoms with E-state index in [9.17, 15) is 0 Å². The molecule has 0 fully saturated rings. The van der Waals surface area contributed by atoms with Crippen molar-refractivity contribution < 1.29 is 14.6 Å².